The molecule has 0 spiro atoms. The van der Waals surface area contributed by atoms with Gasteiger partial charge >= 0.3 is 0 Å². The van der Waals surface area contributed by atoms with Gasteiger partial charge in [-0.3, -0.25) is 0 Å². The van der Waals surface area contributed by atoms with Crippen LogP contribution in [0.3, 0.4) is 0 Å². The van der Waals surface area contributed by atoms with Gasteiger partial charge in [0.05, 0.1) is 6.04 Å². The highest BCUT2D eigenvalue weighted by atomic mass is 79.9. The fourth-order valence-corrected chi connectivity index (χ4v) is 3.02. The lowest BCUT2D eigenvalue weighted by atomic mass is 9.94. The maximum Gasteiger partial charge on any atom is 0.0588 e. The van der Waals surface area contributed by atoms with Crippen molar-refractivity contribution in [3.63, 3.8) is 0 Å². The second kappa shape index (κ2) is 6.08. The molecule has 1 nitrogen and oxygen atoms in total. The third-order valence-corrected chi connectivity index (χ3v) is 4.25. The van der Waals surface area contributed by atoms with E-state index in [4.69, 9.17) is 11.6 Å². The van der Waals surface area contributed by atoms with E-state index in [2.05, 4.69) is 53.3 Å². The van der Waals surface area contributed by atoms with Gasteiger partial charge in [-0.15, -0.1) is 0 Å². The summed E-state index contributed by atoms with van der Waals surface area (Å²) in [6.45, 7) is 4.26. The standard InChI is InChI=1S/C16H17BrClN/c1-10-4-6-13(11(2)8-10)16(19-3)14-9-12(18)5-7-15(14)17/h4-9,16,19H,1-3H3. The van der Waals surface area contributed by atoms with Crippen LogP contribution < -0.4 is 5.32 Å². The summed E-state index contributed by atoms with van der Waals surface area (Å²) in [5, 5.41) is 4.13. The molecule has 2 aromatic carbocycles. The minimum absolute atomic E-state index is 0.133. The Hall–Kier alpha value is -0.830. The van der Waals surface area contributed by atoms with E-state index < -0.39 is 0 Å². The fourth-order valence-electron chi connectivity index (χ4n) is 2.36. The lowest BCUT2D eigenvalue weighted by molar-refractivity contribution is 0.684. The Labute approximate surface area is 128 Å². The lowest BCUT2D eigenvalue weighted by Crippen LogP contribution is -2.19. The molecule has 100 valence electrons. The molecule has 0 fully saturated rings. The van der Waals surface area contributed by atoms with Gasteiger partial charge in [0.2, 0.25) is 0 Å². The molecule has 0 saturated heterocycles. The van der Waals surface area contributed by atoms with Gasteiger partial charge in [-0.25, -0.2) is 0 Å². The van der Waals surface area contributed by atoms with Crippen LogP contribution in [0.2, 0.25) is 5.02 Å². The van der Waals surface area contributed by atoms with E-state index in [0.717, 1.165) is 15.1 Å². The van der Waals surface area contributed by atoms with E-state index in [0.29, 0.717) is 0 Å². The Bertz CT molecular complexity index is 595. The number of rotatable bonds is 3. The van der Waals surface area contributed by atoms with E-state index in [1.54, 1.807) is 0 Å². The van der Waals surface area contributed by atoms with E-state index in [-0.39, 0.29) is 6.04 Å². The number of benzene rings is 2. The van der Waals surface area contributed by atoms with Crippen LogP contribution in [0.4, 0.5) is 0 Å². The van der Waals surface area contributed by atoms with E-state index in [1.165, 1.54) is 16.7 Å². The first-order valence-electron chi connectivity index (χ1n) is 6.22. The highest BCUT2D eigenvalue weighted by molar-refractivity contribution is 9.10. The molecular weight excluding hydrogens is 322 g/mol. The third kappa shape index (κ3) is 3.19. The number of nitrogens with one attached hydrogen (secondary N) is 1. The maximum absolute atomic E-state index is 6.12. The van der Waals surface area contributed by atoms with Gasteiger partial charge in [0, 0.05) is 9.50 Å². The summed E-state index contributed by atoms with van der Waals surface area (Å²) in [4.78, 5) is 0. The Kier molecular flexibility index (Phi) is 4.67. The van der Waals surface area contributed by atoms with Crippen LogP contribution >= 0.6 is 27.5 Å². The molecule has 0 saturated carbocycles. The molecule has 1 unspecified atom stereocenters. The molecule has 3 heteroatoms. The normalized spacial score (nSPS) is 12.5. The Morgan fingerprint density at radius 3 is 2.42 bits per heavy atom. The summed E-state index contributed by atoms with van der Waals surface area (Å²) in [6.07, 6.45) is 0. The molecule has 0 bridgehead atoms. The van der Waals surface area contributed by atoms with E-state index in [9.17, 15) is 0 Å². The van der Waals surface area contributed by atoms with Gasteiger partial charge in [-0.1, -0.05) is 51.3 Å². The summed E-state index contributed by atoms with van der Waals surface area (Å²) in [5.74, 6) is 0. The number of hydrogen-bond acceptors (Lipinski definition) is 1. The quantitative estimate of drug-likeness (QED) is 0.828. The van der Waals surface area contributed by atoms with Crippen LogP contribution in [0.5, 0.6) is 0 Å². The molecule has 2 rings (SSSR count). The first kappa shape index (κ1) is 14.6. The lowest BCUT2D eigenvalue weighted by Gasteiger charge is -2.21. The van der Waals surface area contributed by atoms with Crippen LogP contribution in [0.25, 0.3) is 0 Å². The van der Waals surface area contributed by atoms with Crippen molar-refractivity contribution in [2.45, 2.75) is 19.9 Å². The first-order chi connectivity index (χ1) is 9.02. The predicted octanol–water partition coefficient (Wildman–Crippen LogP) is 5.03. The van der Waals surface area contributed by atoms with Gasteiger partial charge in [0.25, 0.3) is 0 Å². The van der Waals surface area contributed by atoms with Gasteiger partial charge in [-0.2, -0.15) is 0 Å². The van der Waals surface area contributed by atoms with Crippen LogP contribution in [0.15, 0.2) is 40.9 Å². The SMILES string of the molecule is CNC(c1ccc(C)cc1C)c1cc(Cl)ccc1Br. The van der Waals surface area contributed by atoms with Gasteiger partial charge < -0.3 is 5.32 Å². The van der Waals surface area contributed by atoms with Crippen molar-refractivity contribution < 1.29 is 0 Å². The highest BCUT2D eigenvalue weighted by Gasteiger charge is 2.17. The van der Waals surface area contributed by atoms with Gasteiger partial charge in [0.15, 0.2) is 0 Å². The van der Waals surface area contributed by atoms with Crippen LogP contribution in [0.1, 0.15) is 28.3 Å². The Morgan fingerprint density at radius 2 is 1.79 bits per heavy atom. The minimum Gasteiger partial charge on any atom is -0.309 e. The Morgan fingerprint density at radius 1 is 1.05 bits per heavy atom. The largest absolute Gasteiger partial charge is 0.309 e. The summed E-state index contributed by atoms with van der Waals surface area (Å²) in [6, 6.07) is 12.6. The summed E-state index contributed by atoms with van der Waals surface area (Å²) >= 11 is 9.73. The molecular formula is C16H17BrClN. The highest BCUT2D eigenvalue weighted by Crippen LogP contribution is 2.32. The zero-order valence-corrected chi connectivity index (χ0v) is 13.6. The van der Waals surface area contributed by atoms with Gasteiger partial charge in [-0.05, 0) is 55.8 Å². The molecule has 0 radical (unpaired) electrons. The molecule has 19 heavy (non-hydrogen) atoms. The van der Waals surface area contributed by atoms with Crippen molar-refractivity contribution >= 4 is 27.5 Å². The summed E-state index contributed by atoms with van der Waals surface area (Å²) in [5.41, 5.74) is 4.99. The Balaban J connectivity index is 2.52. The maximum atomic E-state index is 6.12. The molecule has 0 aliphatic heterocycles. The minimum atomic E-state index is 0.133. The van der Waals surface area contributed by atoms with Crippen molar-refractivity contribution in [2.24, 2.45) is 0 Å². The molecule has 0 aliphatic carbocycles. The van der Waals surface area contributed by atoms with Crippen LogP contribution in [0, 0.1) is 13.8 Å². The first-order valence-corrected chi connectivity index (χ1v) is 7.39. The third-order valence-electron chi connectivity index (χ3n) is 3.29. The smallest absolute Gasteiger partial charge is 0.0588 e. The number of hydrogen-bond donors (Lipinski definition) is 1. The topological polar surface area (TPSA) is 12.0 Å². The van der Waals surface area contributed by atoms with Gasteiger partial charge in [0.1, 0.15) is 0 Å². The van der Waals surface area contributed by atoms with Crippen molar-refractivity contribution in [1.82, 2.24) is 5.32 Å². The van der Waals surface area contributed by atoms with Crippen molar-refractivity contribution in [3.8, 4) is 0 Å². The molecule has 0 amide bonds. The second-order valence-corrected chi connectivity index (χ2v) is 6.04. The zero-order chi connectivity index (χ0) is 14.0. The molecule has 0 aromatic heterocycles. The van der Waals surface area contributed by atoms with Crippen LogP contribution in [-0.2, 0) is 0 Å². The molecule has 2 aromatic rings. The zero-order valence-electron chi connectivity index (χ0n) is 11.3. The average molecular weight is 339 g/mol. The van der Waals surface area contributed by atoms with Crippen molar-refractivity contribution in [2.75, 3.05) is 7.05 Å². The molecule has 1 atom stereocenters. The summed E-state index contributed by atoms with van der Waals surface area (Å²) < 4.78 is 1.07. The van der Waals surface area contributed by atoms with Crippen molar-refractivity contribution in [1.29, 1.82) is 0 Å². The molecule has 0 heterocycles. The summed E-state index contributed by atoms with van der Waals surface area (Å²) in [7, 11) is 1.97. The fraction of sp³-hybridized carbons (Fsp3) is 0.250. The predicted molar refractivity (Wildman–Crippen MR) is 86.0 cm³/mol. The van der Waals surface area contributed by atoms with E-state index >= 15 is 0 Å². The average Bonchev–Trinajstić information content (AvgIpc) is 2.36. The molecule has 0 aliphatic rings. The van der Waals surface area contributed by atoms with Crippen molar-refractivity contribution in [3.05, 3.63) is 68.1 Å². The molecule has 1 N–H and O–H groups in total. The second-order valence-electron chi connectivity index (χ2n) is 4.75. The van der Waals surface area contributed by atoms with E-state index in [1.807, 2.05) is 25.2 Å². The monoisotopic (exact) mass is 337 g/mol. The number of halogens is 2. The number of aryl methyl sites for hydroxylation is 2. The van der Waals surface area contributed by atoms with Crippen LogP contribution in [-0.4, -0.2) is 7.05 Å².